The van der Waals surface area contributed by atoms with Gasteiger partial charge in [-0.25, -0.2) is 0 Å². The monoisotopic (exact) mass is 840 g/mol. The smallest absolute Gasteiger partial charge is 0.230 e. The van der Waals surface area contributed by atoms with Gasteiger partial charge in [0.1, 0.15) is 46.0 Å². The van der Waals surface area contributed by atoms with Crippen LogP contribution < -0.4 is 37.9 Å². The fourth-order valence-electron chi connectivity index (χ4n) is 10.5. The summed E-state index contributed by atoms with van der Waals surface area (Å²) in [6.07, 6.45) is 0. The zero-order valence-electron chi connectivity index (χ0n) is 34.6. The van der Waals surface area contributed by atoms with Crippen LogP contribution in [0.2, 0.25) is 0 Å². The maximum absolute atomic E-state index is 6.61. The van der Waals surface area contributed by atoms with Crippen LogP contribution in [-0.2, 0) is 0 Å². The molecule has 8 nitrogen and oxygen atoms in total. The van der Waals surface area contributed by atoms with E-state index in [4.69, 9.17) is 37.9 Å². The summed E-state index contributed by atoms with van der Waals surface area (Å²) < 4.78 is 52.9. The lowest BCUT2D eigenvalue weighted by Crippen LogP contribution is -2.23. The Balaban J connectivity index is 1.21. The van der Waals surface area contributed by atoms with Crippen LogP contribution in [-0.4, -0.2) is 27.2 Å². The van der Waals surface area contributed by atoms with Crippen molar-refractivity contribution in [1.29, 1.82) is 0 Å². The van der Waals surface area contributed by atoms with Gasteiger partial charge in [0.15, 0.2) is 0 Å². The van der Waals surface area contributed by atoms with Gasteiger partial charge in [-0.2, -0.15) is 0 Å². The number of hydrogen-bond donors (Lipinski definition) is 0. The maximum atomic E-state index is 6.61. The third kappa shape index (κ3) is 5.97. The van der Waals surface area contributed by atoms with E-state index in [1.165, 1.54) is 0 Å². The molecule has 0 saturated carbocycles. The highest BCUT2D eigenvalue weighted by molar-refractivity contribution is 5.68. The second-order valence-corrected chi connectivity index (χ2v) is 16.7. The Bertz CT molecular complexity index is 2550. The molecule has 8 bridgehead atoms. The van der Waals surface area contributed by atoms with Crippen molar-refractivity contribution >= 4 is 0 Å². The average Bonchev–Trinajstić information content (AvgIpc) is 3.31. The Morgan fingerprint density at radius 2 is 0.391 bits per heavy atom. The van der Waals surface area contributed by atoms with Crippen LogP contribution in [0, 0.1) is 0 Å². The van der Waals surface area contributed by atoms with Gasteiger partial charge in [0.25, 0.3) is 0 Å². The topological polar surface area (TPSA) is 73.8 Å². The minimum Gasteiger partial charge on any atom is -0.457 e. The van der Waals surface area contributed by atoms with Crippen LogP contribution >= 0.6 is 0 Å². The first-order chi connectivity index (χ1) is 31.7. The van der Waals surface area contributed by atoms with Crippen LogP contribution in [0.3, 0.4) is 0 Å². The first-order valence-corrected chi connectivity index (χ1v) is 21.7. The lowest BCUT2D eigenvalue weighted by Gasteiger charge is -2.35. The predicted octanol–water partition coefficient (Wildman–Crippen LogP) is 11.6. The summed E-state index contributed by atoms with van der Waals surface area (Å²) in [5.41, 5.74) is 12.2. The van der Waals surface area contributed by atoms with Crippen LogP contribution in [0.1, 0.15) is 90.4 Å². The summed E-state index contributed by atoms with van der Waals surface area (Å²) in [7, 11) is 0. The molecule has 312 valence electrons. The predicted molar refractivity (Wildman–Crippen MR) is 240 cm³/mol. The van der Waals surface area contributed by atoms with Crippen molar-refractivity contribution in [2.24, 2.45) is 0 Å². The number of ether oxygens (including phenoxy) is 8. The number of hydrogen-bond acceptors (Lipinski definition) is 8. The first kappa shape index (κ1) is 36.8. The number of benzene rings is 8. The minimum atomic E-state index is -0.323. The summed E-state index contributed by atoms with van der Waals surface area (Å²) in [4.78, 5) is 0. The van der Waals surface area contributed by atoms with E-state index < -0.39 is 0 Å². The number of rotatable bonds is 4. The molecule has 0 aromatic heterocycles. The van der Waals surface area contributed by atoms with E-state index in [0.29, 0.717) is 46.0 Å². The first-order valence-electron chi connectivity index (χ1n) is 21.7. The van der Waals surface area contributed by atoms with Gasteiger partial charge in [0, 0.05) is 92.4 Å². The van der Waals surface area contributed by atoms with E-state index in [2.05, 4.69) is 146 Å². The van der Waals surface area contributed by atoms with Crippen LogP contribution in [0.15, 0.2) is 170 Å². The summed E-state index contributed by atoms with van der Waals surface area (Å²) in [6.45, 7) is -0.107. The van der Waals surface area contributed by atoms with Crippen molar-refractivity contribution in [2.75, 3.05) is 27.2 Å². The molecule has 0 N–H and O–H groups in total. The molecule has 5 aliphatic rings. The lowest BCUT2D eigenvalue weighted by atomic mass is 9.75. The molecule has 0 amide bonds. The second-order valence-electron chi connectivity index (χ2n) is 16.7. The van der Waals surface area contributed by atoms with Gasteiger partial charge in [-0.3, -0.25) is 0 Å². The van der Waals surface area contributed by atoms with Gasteiger partial charge in [0.05, 0.1) is 0 Å². The largest absolute Gasteiger partial charge is 0.457 e. The van der Waals surface area contributed by atoms with Gasteiger partial charge in [0.2, 0.25) is 27.2 Å². The maximum Gasteiger partial charge on any atom is 0.230 e. The summed E-state index contributed by atoms with van der Waals surface area (Å²) in [5, 5.41) is 0. The molecule has 0 unspecified atom stereocenters. The molecule has 0 spiro atoms. The Hall–Kier alpha value is -7.84. The zero-order valence-corrected chi connectivity index (χ0v) is 34.6. The Morgan fingerprint density at radius 1 is 0.219 bits per heavy atom. The molecule has 4 heterocycles. The molecule has 8 aromatic carbocycles. The van der Waals surface area contributed by atoms with E-state index in [1.54, 1.807) is 0 Å². The van der Waals surface area contributed by atoms with Gasteiger partial charge >= 0.3 is 0 Å². The average molecular weight is 841 g/mol. The third-order valence-corrected chi connectivity index (χ3v) is 13.3. The van der Waals surface area contributed by atoms with E-state index >= 15 is 0 Å². The highest BCUT2D eigenvalue weighted by atomic mass is 16.7. The van der Waals surface area contributed by atoms with Crippen molar-refractivity contribution in [2.45, 2.75) is 23.7 Å². The normalized spacial score (nSPS) is 19.4. The fourth-order valence-corrected chi connectivity index (χ4v) is 10.5. The van der Waals surface area contributed by atoms with Crippen molar-refractivity contribution in [3.63, 3.8) is 0 Å². The van der Waals surface area contributed by atoms with Crippen LogP contribution in [0.5, 0.6) is 46.0 Å². The van der Waals surface area contributed by atoms with E-state index in [-0.39, 0.29) is 50.8 Å². The third-order valence-electron chi connectivity index (χ3n) is 13.3. The highest BCUT2D eigenvalue weighted by Crippen LogP contribution is 2.56. The quantitative estimate of drug-likeness (QED) is 0.173. The SMILES string of the molecule is c1ccc(C2c3cc4c5cc3OCOc3cc6c(cc32)C(c2ccccc2)c2cc3c(cc2OCO6)OCOc2cc(c(cc2C3c2ccccc2)C4c2ccccc2)OCO5)cc1. The van der Waals surface area contributed by atoms with Crippen LogP contribution in [0.25, 0.3) is 0 Å². The van der Waals surface area contributed by atoms with Crippen molar-refractivity contribution in [3.8, 4) is 46.0 Å². The fraction of sp³-hybridized carbons (Fsp3) is 0.143. The van der Waals surface area contributed by atoms with Crippen molar-refractivity contribution < 1.29 is 37.9 Å². The Morgan fingerprint density at radius 3 is 0.562 bits per heavy atom. The van der Waals surface area contributed by atoms with Crippen LogP contribution in [0.4, 0.5) is 0 Å². The molecule has 13 rings (SSSR count). The van der Waals surface area contributed by atoms with Gasteiger partial charge in [-0.15, -0.1) is 0 Å². The standard InChI is InChI=1S/C56H40O8/c1-5-13-33(14-6-1)53-37-21-39-47-25-45(37)57-29-58-46-26-48-40(22-38(46)53)55(35-17-9-3-10-18-35)42-24-44-52(28-50(42)62-31-60-48)64-32-63-51-27-49(61-30-59-47)41(54(39)34-15-7-2-8-16-34)23-43(51)56(44)36-19-11-4-12-20-36/h1-28,53-56H,29-32H2. The molecular weight excluding hydrogens is 801 g/mol. The molecular formula is C56H40O8. The molecule has 0 radical (unpaired) electrons. The van der Waals surface area contributed by atoms with Crippen molar-refractivity contribution in [1.82, 2.24) is 0 Å². The summed E-state index contributed by atoms with van der Waals surface area (Å²) in [5.74, 6) is 4.05. The molecule has 0 atom stereocenters. The Labute approximate surface area is 370 Å². The molecule has 0 fully saturated rings. The lowest BCUT2D eigenvalue weighted by molar-refractivity contribution is 0.0996. The minimum absolute atomic E-state index is 0.0267. The molecule has 8 aromatic rings. The molecule has 4 aliphatic heterocycles. The van der Waals surface area contributed by atoms with E-state index in [0.717, 1.165) is 66.8 Å². The summed E-state index contributed by atoms with van der Waals surface area (Å²) >= 11 is 0. The molecule has 8 heteroatoms. The molecule has 64 heavy (non-hydrogen) atoms. The molecule has 1 aliphatic carbocycles. The Kier molecular flexibility index (Phi) is 8.57. The van der Waals surface area contributed by atoms with E-state index in [1.807, 2.05) is 24.3 Å². The second kappa shape index (κ2) is 14.9. The van der Waals surface area contributed by atoms with Gasteiger partial charge in [-0.05, 0) is 46.5 Å². The van der Waals surface area contributed by atoms with E-state index in [9.17, 15) is 0 Å². The van der Waals surface area contributed by atoms with Crippen molar-refractivity contribution in [3.05, 3.63) is 237 Å². The highest BCUT2D eigenvalue weighted by Gasteiger charge is 2.38. The summed E-state index contributed by atoms with van der Waals surface area (Å²) in [6, 6.07) is 59.6. The van der Waals surface area contributed by atoms with Gasteiger partial charge in [-0.1, -0.05) is 121 Å². The van der Waals surface area contributed by atoms with Gasteiger partial charge < -0.3 is 37.9 Å². The zero-order chi connectivity index (χ0) is 42.1. The molecule has 0 saturated heterocycles.